The molecular weight excluding hydrogens is 509 g/mol. The molecule has 4 aromatic rings. The van der Waals surface area contributed by atoms with E-state index in [1.165, 1.54) is 6.07 Å². The Morgan fingerprint density at radius 3 is 2.43 bits per heavy atom. The maximum Gasteiger partial charge on any atom is 0.174 e. The summed E-state index contributed by atoms with van der Waals surface area (Å²) in [6.07, 6.45) is 3.74. The number of ether oxygens (including phenoxy) is 1. The predicted molar refractivity (Wildman–Crippen MR) is 148 cm³/mol. The van der Waals surface area contributed by atoms with E-state index < -0.39 is 5.82 Å². The quantitative estimate of drug-likeness (QED) is 0.333. The van der Waals surface area contributed by atoms with Crippen LogP contribution in [0.15, 0.2) is 85.2 Å². The molecule has 2 saturated heterocycles. The lowest BCUT2D eigenvalue weighted by Crippen LogP contribution is -2.36. The number of nitrogens with zero attached hydrogens (tertiary/aromatic N) is 4. The van der Waals surface area contributed by atoms with Crippen LogP contribution in [0.1, 0.15) is 23.5 Å². The molecule has 9 heteroatoms. The summed E-state index contributed by atoms with van der Waals surface area (Å²) in [7, 11) is 0. The highest BCUT2D eigenvalue weighted by Crippen LogP contribution is 2.42. The summed E-state index contributed by atoms with van der Waals surface area (Å²) in [6, 6.07) is 22.7. The summed E-state index contributed by atoms with van der Waals surface area (Å²) in [6.45, 7) is 3.22. The fourth-order valence-electron chi connectivity index (χ4n) is 5.08. The van der Waals surface area contributed by atoms with Crippen molar-refractivity contribution in [2.75, 3.05) is 36.1 Å². The third kappa shape index (κ3) is 4.56. The van der Waals surface area contributed by atoms with Crippen molar-refractivity contribution in [3.8, 4) is 5.69 Å². The van der Waals surface area contributed by atoms with Crippen molar-refractivity contribution < 1.29 is 9.13 Å². The van der Waals surface area contributed by atoms with Crippen LogP contribution in [0.3, 0.4) is 0 Å². The lowest BCUT2D eigenvalue weighted by molar-refractivity contribution is 0.122. The smallest absolute Gasteiger partial charge is 0.174 e. The maximum absolute atomic E-state index is 13.9. The van der Waals surface area contributed by atoms with E-state index in [0.717, 1.165) is 54.8 Å². The molecule has 2 aliphatic heterocycles. The fraction of sp³-hybridized carbons (Fsp3) is 0.214. The second-order valence-electron chi connectivity index (χ2n) is 9.01. The minimum absolute atomic E-state index is 0.0778. The van der Waals surface area contributed by atoms with E-state index in [0.29, 0.717) is 5.11 Å². The van der Waals surface area contributed by atoms with E-state index in [1.54, 1.807) is 18.3 Å². The zero-order valence-corrected chi connectivity index (χ0v) is 21.5. The first-order valence-corrected chi connectivity index (χ1v) is 12.9. The van der Waals surface area contributed by atoms with Crippen LogP contribution in [0.2, 0.25) is 5.02 Å². The van der Waals surface area contributed by atoms with Crippen molar-refractivity contribution in [2.45, 2.75) is 12.1 Å². The van der Waals surface area contributed by atoms with E-state index in [2.05, 4.69) is 50.4 Å². The molecule has 2 aromatic carbocycles. The molecule has 6 nitrogen and oxygen atoms in total. The van der Waals surface area contributed by atoms with Crippen LogP contribution in [0.5, 0.6) is 0 Å². The van der Waals surface area contributed by atoms with Crippen LogP contribution in [-0.4, -0.2) is 41.0 Å². The Hall–Kier alpha value is -3.46. The van der Waals surface area contributed by atoms with Gasteiger partial charge >= 0.3 is 0 Å². The minimum Gasteiger partial charge on any atom is -0.378 e. The van der Waals surface area contributed by atoms with Gasteiger partial charge in [-0.3, -0.25) is 4.98 Å². The molecule has 4 heterocycles. The normalized spacial score (nSPS) is 19.8. The molecule has 6 rings (SSSR count). The van der Waals surface area contributed by atoms with E-state index in [9.17, 15) is 4.39 Å². The molecule has 0 radical (unpaired) electrons. The van der Waals surface area contributed by atoms with Gasteiger partial charge < -0.3 is 24.4 Å². The lowest BCUT2D eigenvalue weighted by atomic mass is 10.0. The van der Waals surface area contributed by atoms with Crippen molar-refractivity contribution in [2.24, 2.45) is 0 Å². The van der Waals surface area contributed by atoms with E-state index in [1.807, 2.05) is 35.0 Å². The largest absolute Gasteiger partial charge is 0.378 e. The number of thiocarbonyl (C=S) groups is 1. The highest BCUT2D eigenvalue weighted by atomic mass is 35.5. The number of anilines is 2. The van der Waals surface area contributed by atoms with Gasteiger partial charge in [-0.2, -0.15) is 0 Å². The highest BCUT2D eigenvalue weighted by Gasteiger charge is 2.42. The molecule has 188 valence electrons. The third-order valence-corrected chi connectivity index (χ3v) is 7.47. The van der Waals surface area contributed by atoms with Crippen LogP contribution in [0, 0.1) is 5.82 Å². The van der Waals surface area contributed by atoms with Gasteiger partial charge in [-0.25, -0.2) is 4.39 Å². The Kier molecular flexibility index (Phi) is 6.54. The Balaban J connectivity index is 1.42. The number of aromatic nitrogens is 2. The summed E-state index contributed by atoms with van der Waals surface area (Å²) in [5.41, 5.74) is 4.76. The van der Waals surface area contributed by atoms with Gasteiger partial charge in [-0.1, -0.05) is 17.7 Å². The lowest BCUT2D eigenvalue weighted by Gasteiger charge is -2.31. The fourth-order valence-corrected chi connectivity index (χ4v) is 5.60. The molecular formula is C28H25ClFN5OS. The van der Waals surface area contributed by atoms with Gasteiger partial charge in [0.15, 0.2) is 5.11 Å². The Bertz CT molecular complexity index is 1410. The van der Waals surface area contributed by atoms with Gasteiger partial charge in [0.05, 0.1) is 30.0 Å². The SMILES string of the molecule is Fc1ccc(-n2cccc2[C@@H]2[C@@H](c3ccccn3)NC(=S)N2c2ccc(N3CCOCC3)cc2)cc1Cl. The summed E-state index contributed by atoms with van der Waals surface area (Å²) >= 11 is 12.0. The maximum atomic E-state index is 13.9. The molecule has 2 aromatic heterocycles. The van der Waals surface area contributed by atoms with Gasteiger partial charge in [0.2, 0.25) is 0 Å². The van der Waals surface area contributed by atoms with Crippen molar-refractivity contribution in [3.05, 3.63) is 107 Å². The first-order valence-electron chi connectivity index (χ1n) is 12.2. The van der Waals surface area contributed by atoms with Crippen LogP contribution < -0.4 is 15.1 Å². The Labute approximate surface area is 225 Å². The summed E-state index contributed by atoms with van der Waals surface area (Å²) in [5, 5.41) is 4.20. The van der Waals surface area contributed by atoms with Crippen molar-refractivity contribution >= 4 is 40.3 Å². The molecule has 2 fully saturated rings. The van der Waals surface area contributed by atoms with Gasteiger partial charge in [0.1, 0.15) is 11.9 Å². The van der Waals surface area contributed by atoms with Gasteiger partial charge in [-0.15, -0.1) is 0 Å². The van der Waals surface area contributed by atoms with Crippen LogP contribution in [0.25, 0.3) is 5.69 Å². The number of nitrogens with one attached hydrogen (secondary N) is 1. The molecule has 0 saturated carbocycles. The average molecular weight is 534 g/mol. The van der Waals surface area contributed by atoms with Crippen molar-refractivity contribution in [1.82, 2.24) is 14.9 Å². The van der Waals surface area contributed by atoms with Crippen LogP contribution in [-0.2, 0) is 4.74 Å². The average Bonchev–Trinajstić information content (AvgIpc) is 3.56. The number of hydrogen-bond acceptors (Lipinski definition) is 4. The van der Waals surface area contributed by atoms with E-state index in [4.69, 9.17) is 28.6 Å². The van der Waals surface area contributed by atoms with Crippen molar-refractivity contribution in [3.63, 3.8) is 0 Å². The molecule has 0 unspecified atom stereocenters. The number of halogens is 2. The summed E-state index contributed by atoms with van der Waals surface area (Å²) < 4.78 is 21.5. The van der Waals surface area contributed by atoms with Crippen LogP contribution in [0.4, 0.5) is 15.8 Å². The predicted octanol–water partition coefficient (Wildman–Crippen LogP) is 5.68. The standard InChI is InChI=1S/C28H25ClFN5OS/c29-22-18-21(10-11-23(22)30)34-13-3-5-25(34)27-26(24-4-1-2-12-31-24)32-28(37)35(27)20-8-6-19(7-9-20)33-14-16-36-17-15-33/h1-13,18,26-27H,14-17H2,(H,32,37)/t26-,27-/m1/s1. The monoisotopic (exact) mass is 533 g/mol. The number of pyridine rings is 1. The number of hydrogen-bond donors (Lipinski definition) is 1. The van der Waals surface area contributed by atoms with Crippen LogP contribution >= 0.6 is 23.8 Å². The minimum atomic E-state index is -0.448. The molecule has 1 N–H and O–H groups in total. The molecule has 0 bridgehead atoms. The second-order valence-corrected chi connectivity index (χ2v) is 9.81. The van der Waals surface area contributed by atoms with E-state index >= 15 is 0 Å². The van der Waals surface area contributed by atoms with Gasteiger partial charge in [0, 0.05) is 48.2 Å². The molecule has 2 atom stereocenters. The summed E-state index contributed by atoms with van der Waals surface area (Å²) in [5.74, 6) is -0.448. The first-order chi connectivity index (χ1) is 18.1. The molecule has 0 aliphatic carbocycles. The zero-order valence-electron chi connectivity index (χ0n) is 19.9. The Morgan fingerprint density at radius 2 is 1.70 bits per heavy atom. The van der Waals surface area contributed by atoms with E-state index in [-0.39, 0.29) is 17.1 Å². The number of morpholine rings is 1. The Morgan fingerprint density at radius 1 is 0.946 bits per heavy atom. The topological polar surface area (TPSA) is 45.6 Å². The first kappa shape index (κ1) is 23.9. The second kappa shape index (κ2) is 10.1. The highest BCUT2D eigenvalue weighted by molar-refractivity contribution is 7.80. The van der Waals surface area contributed by atoms with Gasteiger partial charge in [-0.05, 0) is 78.9 Å². The molecule has 0 amide bonds. The van der Waals surface area contributed by atoms with Crippen molar-refractivity contribution in [1.29, 1.82) is 0 Å². The molecule has 2 aliphatic rings. The summed E-state index contributed by atoms with van der Waals surface area (Å²) in [4.78, 5) is 9.10. The third-order valence-electron chi connectivity index (χ3n) is 6.87. The molecule has 0 spiro atoms. The number of benzene rings is 2. The van der Waals surface area contributed by atoms with Gasteiger partial charge in [0.25, 0.3) is 0 Å². The molecule has 37 heavy (non-hydrogen) atoms. The number of rotatable bonds is 5. The zero-order chi connectivity index (χ0) is 25.4.